The van der Waals surface area contributed by atoms with Gasteiger partial charge in [-0.2, -0.15) is 0 Å². The first-order chi connectivity index (χ1) is 38.0. The highest BCUT2D eigenvalue weighted by Gasteiger charge is 2.71. The number of hydrogen-bond donors (Lipinski definition) is 4. The number of aliphatic hydroxyl groups excluding tert-OH is 2. The van der Waals surface area contributed by atoms with Crippen molar-refractivity contribution >= 4 is 36.1 Å². The van der Waals surface area contributed by atoms with Gasteiger partial charge in [-0.25, -0.2) is 0 Å². The molecule has 1 saturated heterocycles. The average molecular weight is 1140 g/mol. The van der Waals surface area contributed by atoms with E-state index >= 15 is 0 Å². The standard InChI is InChI=1S/C66H113N5O10/c1-18-42(6)58(70(17)61(79)56(40(2)3)68-60(78)57(41(4)5)69(15)16)46(35-72)34-54(76)71-33-19-20-51(71)49(36-73)44(8)59(77)67-32-26-43(7)48-24-29-66(38-81-45(9)75)31-30-64(13)50(55(48)66)21-22-53-63(12)27-23-47(37-80-39-74)62(10,11)52(63)25-28-65(53,64)14/h39-42,44,46-53,55-58,72-73H,7,18-38H2,1-6,8-17H3,(H,67,77)(H,68,78)/t42-,44+,46-,47?,48-,49+,50?,51?,52-,53?,55+,56-,57-,58-,63-,64+,65+,66+/m0/s1. The summed E-state index contributed by atoms with van der Waals surface area (Å²) in [7, 11) is 5.42. The number of nitrogens with one attached hydrogen (secondary N) is 2. The number of esters is 1. The minimum atomic E-state index is -0.806. The Kier molecular flexibility index (Phi) is 22.0. The van der Waals surface area contributed by atoms with Crippen molar-refractivity contribution in [2.24, 2.45) is 98.1 Å². The summed E-state index contributed by atoms with van der Waals surface area (Å²) in [5, 5.41) is 28.3. The highest BCUT2D eigenvalue weighted by atomic mass is 16.5. The van der Waals surface area contributed by atoms with Gasteiger partial charge in [0.25, 0.3) is 6.47 Å². The van der Waals surface area contributed by atoms with Gasteiger partial charge in [0.15, 0.2) is 0 Å². The first kappa shape index (κ1) is 66.6. The molecule has 462 valence electrons. The van der Waals surface area contributed by atoms with E-state index in [-0.39, 0.29) is 106 Å². The van der Waals surface area contributed by atoms with E-state index in [1.54, 1.807) is 16.8 Å². The van der Waals surface area contributed by atoms with Crippen molar-refractivity contribution in [1.29, 1.82) is 0 Å². The summed E-state index contributed by atoms with van der Waals surface area (Å²) in [5.41, 5.74) is 1.49. The number of rotatable bonds is 26. The molecule has 6 aliphatic rings. The van der Waals surface area contributed by atoms with Crippen LogP contribution in [0.3, 0.4) is 0 Å². The van der Waals surface area contributed by atoms with Crippen LogP contribution in [0.1, 0.15) is 186 Å². The van der Waals surface area contributed by atoms with E-state index in [4.69, 9.17) is 16.1 Å². The van der Waals surface area contributed by atoms with Crippen LogP contribution in [0.5, 0.6) is 0 Å². The predicted molar refractivity (Wildman–Crippen MR) is 318 cm³/mol. The van der Waals surface area contributed by atoms with Crippen LogP contribution in [0.15, 0.2) is 12.2 Å². The van der Waals surface area contributed by atoms with Crippen LogP contribution in [0.25, 0.3) is 0 Å². The summed E-state index contributed by atoms with van der Waals surface area (Å²) in [5.74, 6) is -0.595. The molecule has 0 aromatic heterocycles. The molecule has 0 bridgehead atoms. The summed E-state index contributed by atoms with van der Waals surface area (Å²) in [6.45, 7) is 34.5. The van der Waals surface area contributed by atoms with Crippen LogP contribution in [0.4, 0.5) is 0 Å². The van der Waals surface area contributed by atoms with Crippen LogP contribution < -0.4 is 10.6 Å². The Morgan fingerprint density at radius 2 is 1.51 bits per heavy atom. The number of aliphatic hydroxyl groups is 2. The van der Waals surface area contributed by atoms with Gasteiger partial charge in [0, 0.05) is 81.9 Å². The monoisotopic (exact) mass is 1140 g/mol. The van der Waals surface area contributed by atoms with Gasteiger partial charge in [0.1, 0.15) is 6.04 Å². The molecule has 0 spiro atoms. The second-order valence-electron chi connectivity index (χ2n) is 29.5. The maximum absolute atomic E-state index is 14.6. The van der Waals surface area contributed by atoms with Crippen molar-refractivity contribution in [2.75, 3.05) is 60.7 Å². The van der Waals surface area contributed by atoms with Crippen molar-refractivity contribution < 1.29 is 48.5 Å². The van der Waals surface area contributed by atoms with Crippen LogP contribution in [-0.4, -0.2) is 146 Å². The molecule has 15 heteroatoms. The molecule has 0 radical (unpaired) electrons. The number of likely N-dealkylation sites (tertiary alicyclic amines) is 1. The molecule has 5 saturated carbocycles. The smallest absolute Gasteiger partial charge is 0.302 e. The van der Waals surface area contributed by atoms with Gasteiger partial charge < -0.3 is 40.1 Å². The molecule has 6 fully saturated rings. The van der Waals surface area contributed by atoms with E-state index in [1.807, 2.05) is 67.5 Å². The number of amides is 4. The molecule has 81 heavy (non-hydrogen) atoms. The number of nitrogens with zero attached hydrogens (tertiary/aromatic N) is 3. The topological polar surface area (TPSA) is 195 Å². The van der Waals surface area contributed by atoms with Gasteiger partial charge in [-0.15, -0.1) is 0 Å². The quantitative estimate of drug-likeness (QED) is 0.0366. The van der Waals surface area contributed by atoms with Gasteiger partial charge in [-0.3, -0.25) is 33.7 Å². The Labute approximate surface area is 489 Å². The minimum absolute atomic E-state index is 0.0155. The van der Waals surface area contributed by atoms with Gasteiger partial charge in [-0.1, -0.05) is 102 Å². The van der Waals surface area contributed by atoms with Gasteiger partial charge in [0.2, 0.25) is 23.6 Å². The molecule has 4 N–H and O–H groups in total. The van der Waals surface area contributed by atoms with Gasteiger partial charge >= 0.3 is 5.97 Å². The fourth-order valence-electron chi connectivity index (χ4n) is 19.6. The van der Waals surface area contributed by atoms with E-state index < -0.39 is 35.9 Å². The molecule has 4 unspecified atom stereocenters. The third-order valence-electron chi connectivity index (χ3n) is 24.3. The SMILES string of the molecule is C=C(CCNC(=O)[C@H](C)[C@@H](CO)C1CCCN1C(=O)C[C@@H](CO)[C@H]([C@@H](C)CC)N(C)C(=O)[C@@H](NC(=O)[C@H](C(C)C)N(C)C)C(C)C)[C@@H]1CC[C@]2(COC(C)=O)CC[C@]3(C)C(CCC4[C@@]5(C)CCC(COC=O)C(C)(C)[C@@H]5CC[C@]43C)[C@@H]12. The second-order valence-corrected chi connectivity index (χ2v) is 29.5. The van der Waals surface area contributed by atoms with Crippen molar-refractivity contribution in [1.82, 2.24) is 25.3 Å². The van der Waals surface area contributed by atoms with Crippen molar-refractivity contribution in [2.45, 2.75) is 210 Å². The Morgan fingerprint density at radius 1 is 0.815 bits per heavy atom. The van der Waals surface area contributed by atoms with Crippen LogP contribution in [-0.2, 0) is 38.2 Å². The zero-order valence-corrected chi connectivity index (χ0v) is 53.4. The maximum Gasteiger partial charge on any atom is 0.302 e. The molecule has 0 aromatic carbocycles. The predicted octanol–water partition coefficient (Wildman–Crippen LogP) is 9.32. The second kappa shape index (κ2) is 26.8. The summed E-state index contributed by atoms with van der Waals surface area (Å²) < 4.78 is 11.4. The Hall–Kier alpha value is -3.56. The van der Waals surface area contributed by atoms with E-state index in [9.17, 15) is 39.0 Å². The fourth-order valence-corrected chi connectivity index (χ4v) is 19.6. The number of fused-ring (bicyclic) bond motifs is 7. The molecule has 5 aliphatic carbocycles. The van der Waals surface area contributed by atoms with E-state index in [0.29, 0.717) is 81.6 Å². The minimum Gasteiger partial charge on any atom is -0.468 e. The molecule has 1 aliphatic heterocycles. The summed E-state index contributed by atoms with van der Waals surface area (Å²) in [4.78, 5) is 86.0. The van der Waals surface area contributed by atoms with Gasteiger partial charge in [0.05, 0.1) is 19.3 Å². The highest BCUT2D eigenvalue weighted by Crippen LogP contribution is 2.78. The summed E-state index contributed by atoms with van der Waals surface area (Å²) in [6.07, 6.45) is 13.6. The third-order valence-corrected chi connectivity index (χ3v) is 24.3. The summed E-state index contributed by atoms with van der Waals surface area (Å²) >= 11 is 0. The zero-order chi connectivity index (χ0) is 60.3. The maximum atomic E-state index is 14.6. The molecular weight excluding hydrogens is 1020 g/mol. The molecule has 18 atom stereocenters. The average Bonchev–Trinajstić information content (AvgIpc) is 4.07. The van der Waals surface area contributed by atoms with Crippen LogP contribution in [0, 0.1) is 98.1 Å². The lowest BCUT2D eigenvalue weighted by molar-refractivity contribution is -0.246. The largest absolute Gasteiger partial charge is 0.468 e. The van der Waals surface area contributed by atoms with E-state index in [2.05, 4.69) is 45.3 Å². The first-order valence-electron chi connectivity index (χ1n) is 31.9. The molecular formula is C66H113N5O10. The van der Waals surface area contributed by atoms with Crippen molar-refractivity contribution in [3.8, 4) is 0 Å². The molecule has 4 amide bonds. The van der Waals surface area contributed by atoms with E-state index in [1.165, 1.54) is 26.2 Å². The van der Waals surface area contributed by atoms with Crippen molar-refractivity contribution in [3.05, 3.63) is 12.2 Å². The normalized spacial score (nSPS) is 34.0. The molecule has 6 rings (SSSR count). The van der Waals surface area contributed by atoms with Gasteiger partial charge in [-0.05, 0) is 172 Å². The van der Waals surface area contributed by atoms with Crippen molar-refractivity contribution in [3.63, 3.8) is 0 Å². The Bertz CT molecular complexity index is 2210. The highest BCUT2D eigenvalue weighted by molar-refractivity contribution is 5.90. The fraction of sp³-hybridized carbons (Fsp3) is 0.879. The third kappa shape index (κ3) is 12.9. The lowest BCUT2D eigenvalue weighted by Gasteiger charge is -2.73. The Balaban J connectivity index is 1.12. The number of ether oxygens (including phenoxy) is 2. The zero-order valence-electron chi connectivity index (χ0n) is 53.4. The Morgan fingerprint density at radius 3 is 2.10 bits per heavy atom. The number of carbonyl (C=O) groups is 6. The summed E-state index contributed by atoms with van der Waals surface area (Å²) in [6, 6.07) is -2.12. The first-order valence-corrected chi connectivity index (χ1v) is 31.9. The number of hydrogen-bond acceptors (Lipinski definition) is 11. The van der Waals surface area contributed by atoms with Crippen LogP contribution >= 0.6 is 0 Å². The molecule has 15 nitrogen and oxygen atoms in total. The molecule has 1 heterocycles. The van der Waals surface area contributed by atoms with E-state index in [0.717, 1.165) is 56.9 Å². The lowest BCUT2D eigenvalue weighted by Crippen LogP contribution is -2.66. The molecule has 0 aromatic rings. The van der Waals surface area contributed by atoms with Crippen LogP contribution in [0.2, 0.25) is 0 Å². The lowest BCUT2D eigenvalue weighted by atomic mass is 9.32. The number of likely N-dealkylation sites (N-methyl/N-ethyl adjacent to an activating group) is 2. The number of carbonyl (C=O) groups excluding carboxylic acids is 6.